The number of ether oxygens (including phenoxy) is 2. The Hall–Kier alpha value is -3.06. The van der Waals surface area contributed by atoms with Crippen molar-refractivity contribution in [3.8, 4) is 11.5 Å². The summed E-state index contributed by atoms with van der Waals surface area (Å²) in [5.41, 5.74) is 1.82. The lowest BCUT2D eigenvalue weighted by atomic mass is 10.1. The summed E-state index contributed by atoms with van der Waals surface area (Å²) in [6, 6.07) is 15.1. The number of rotatable bonds is 7. The van der Waals surface area contributed by atoms with Crippen molar-refractivity contribution in [2.24, 2.45) is 0 Å². The van der Waals surface area contributed by atoms with E-state index in [4.69, 9.17) is 9.47 Å². The average Bonchev–Trinajstić information content (AvgIpc) is 3.12. The summed E-state index contributed by atoms with van der Waals surface area (Å²) >= 11 is 3.46. The second-order valence-corrected chi connectivity index (χ2v) is 6.85. The van der Waals surface area contributed by atoms with Crippen molar-refractivity contribution >= 4 is 33.7 Å². The fourth-order valence-corrected chi connectivity index (χ4v) is 3.12. The molecule has 3 aromatic rings. The van der Waals surface area contributed by atoms with Crippen LogP contribution in [0.15, 0.2) is 65.3 Å². The summed E-state index contributed by atoms with van der Waals surface area (Å²) in [4.78, 5) is 12.4. The van der Waals surface area contributed by atoms with Gasteiger partial charge in [0.25, 0.3) is 0 Å². The summed E-state index contributed by atoms with van der Waals surface area (Å²) in [5, 5.41) is 7.14. The zero-order valence-corrected chi connectivity index (χ0v) is 17.1. The molecule has 0 bridgehead atoms. The van der Waals surface area contributed by atoms with Crippen LogP contribution >= 0.6 is 15.9 Å². The molecular formula is C21H20BrN3O3. The molecule has 6 nitrogen and oxygen atoms in total. The number of amides is 1. The van der Waals surface area contributed by atoms with Gasteiger partial charge in [0.2, 0.25) is 5.91 Å². The topological polar surface area (TPSA) is 65.4 Å². The smallest absolute Gasteiger partial charge is 0.249 e. The number of carbonyl (C=O) groups excluding carboxylic acids is 1. The van der Waals surface area contributed by atoms with E-state index in [0.717, 1.165) is 15.6 Å². The molecule has 0 saturated carbocycles. The van der Waals surface area contributed by atoms with E-state index >= 15 is 0 Å². The van der Waals surface area contributed by atoms with Gasteiger partial charge in [0.1, 0.15) is 17.3 Å². The highest BCUT2D eigenvalue weighted by molar-refractivity contribution is 9.10. The van der Waals surface area contributed by atoms with Gasteiger partial charge in [0, 0.05) is 22.2 Å². The van der Waals surface area contributed by atoms with E-state index in [1.807, 2.05) is 24.3 Å². The lowest BCUT2D eigenvalue weighted by Crippen LogP contribution is -2.13. The first kappa shape index (κ1) is 19.7. The molecule has 1 heterocycles. The van der Waals surface area contributed by atoms with Crippen molar-refractivity contribution in [1.82, 2.24) is 9.78 Å². The van der Waals surface area contributed by atoms with Crippen molar-refractivity contribution < 1.29 is 14.3 Å². The summed E-state index contributed by atoms with van der Waals surface area (Å²) in [6.07, 6.45) is 4.79. The number of nitrogens with one attached hydrogen (secondary N) is 1. The van der Waals surface area contributed by atoms with Crippen LogP contribution in [0.1, 0.15) is 11.1 Å². The molecule has 1 amide bonds. The van der Waals surface area contributed by atoms with E-state index in [1.165, 1.54) is 6.08 Å². The van der Waals surface area contributed by atoms with Crippen LogP contribution in [0.4, 0.5) is 5.82 Å². The van der Waals surface area contributed by atoms with E-state index in [1.54, 1.807) is 55.4 Å². The molecule has 0 saturated heterocycles. The number of nitrogens with zero attached hydrogens (tertiary/aromatic N) is 2. The van der Waals surface area contributed by atoms with Crippen LogP contribution in [0.5, 0.6) is 11.5 Å². The van der Waals surface area contributed by atoms with Gasteiger partial charge in [0.15, 0.2) is 0 Å². The third-order valence-corrected chi connectivity index (χ3v) is 4.53. The molecule has 0 aliphatic carbocycles. The fourth-order valence-electron chi connectivity index (χ4n) is 2.68. The Labute approximate surface area is 171 Å². The van der Waals surface area contributed by atoms with Crippen molar-refractivity contribution in [1.29, 1.82) is 0 Å². The molecule has 0 aliphatic heterocycles. The van der Waals surface area contributed by atoms with E-state index in [0.29, 0.717) is 23.9 Å². The van der Waals surface area contributed by atoms with E-state index < -0.39 is 0 Å². The third-order valence-electron chi connectivity index (χ3n) is 4.04. The lowest BCUT2D eigenvalue weighted by Gasteiger charge is -2.09. The molecule has 0 fully saturated rings. The molecule has 0 atom stereocenters. The summed E-state index contributed by atoms with van der Waals surface area (Å²) in [7, 11) is 3.17. The number of methoxy groups -OCH3 is 2. The molecule has 1 aromatic heterocycles. The first-order valence-electron chi connectivity index (χ1n) is 8.56. The van der Waals surface area contributed by atoms with Gasteiger partial charge >= 0.3 is 0 Å². The SMILES string of the molecule is COc1ccc(OC)c(/C=C/C(=O)Nc2ccnn2Cc2cccc(Br)c2)c1. The van der Waals surface area contributed by atoms with Crippen LogP contribution in [-0.4, -0.2) is 29.9 Å². The highest BCUT2D eigenvalue weighted by atomic mass is 79.9. The lowest BCUT2D eigenvalue weighted by molar-refractivity contribution is -0.111. The predicted molar refractivity (Wildman–Crippen MR) is 113 cm³/mol. The summed E-state index contributed by atoms with van der Waals surface area (Å²) in [5.74, 6) is 1.70. The number of halogens is 1. The highest BCUT2D eigenvalue weighted by Gasteiger charge is 2.07. The van der Waals surface area contributed by atoms with Crippen molar-refractivity contribution in [3.05, 3.63) is 76.4 Å². The number of carbonyl (C=O) groups is 1. The van der Waals surface area contributed by atoms with Gasteiger partial charge in [-0.15, -0.1) is 0 Å². The highest BCUT2D eigenvalue weighted by Crippen LogP contribution is 2.25. The first-order chi connectivity index (χ1) is 13.6. The predicted octanol–water partition coefficient (Wildman–Crippen LogP) is 4.36. The maximum Gasteiger partial charge on any atom is 0.249 e. The minimum Gasteiger partial charge on any atom is -0.497 e. The molecule has 7 heteroatoms. The standard InChI is InChI=1S/C21H20BrN3O3/c1-27-18-7-8-19(28-2)16(13-18)6-9-21(26)24-20-10-11-23-25(20)14-15-4-3-5-17(22)12-15/h3-13H,14H2,1-2H3,(H,24,26)/b9-6+. The fraction of sp³-hybridized carbons (Fsp3) is 0.143. The Morgan fingerprint density at radius 2 is 2.04 bits per heavy atom. The number of benzene rings is 2. The van der Waals surface area contributed by atoms with Crippen LogP contribution in [0.25, 0.3) is 6.08 Å². The Kier molecular flexibility index (Phi) is 6.49. The van der Waals surface area contributed by atoms with E-state index in [-0.39, 0.29) is 5.91 Å². The molecule has 0 radical (unpaired) electrons. The monoisotopic (exact) mass is 441 g/mol. The molecule has 0 aliphatic rings. The van der Waals surface area contributed by atoms with Crippen LogP contribution in [0.3, 0.4) is 0 Å². The van der Waals surface area contributed by atoms with Gasteiger partial charge in [-0.3, -0.25) is 4.79 Å². The van der Waals surface area contributed by atoms with Gasteiger partial charge in [-0.05, 0) is 42.0 Å². The van der Waals surface area contributed by atoms with Crippen molar-refractivity contribution in [2.45, 2.75) is 6.54 Å². The normalized spacial score (nSPS) is 10.8. The first-order valence-corrected chi connectivity index (χ1v) is 9.35. The maximum absolute atomic E-state index is 12.4. The average molecular weight is 442 g/mol. The molecule has 2 aromatic carbocycles. The van der Waals surface area contributed by atoms with Crippen LogP contribution in [0, 0.1) is 0 Å². The Balaban J connectivity index is 1.71. The van der Waals surface area contributed by atoms with Crippen LogP contribution in [0.2, 0.25) is 0 Å². The Morgan fingerprint density at radius 1 is 1.18 bits per heavy atom. The zero-order chi connectivity index (χ0) is 19.9. The van der Waals surface area contributed by atoms with Gasteiger partial charge in [-0.2, -0.15) is 5.10 Å². The van der Waals surface area contributed by atoms with Gasteiger partial charge in [-0.25, -0.2) is 4.68 Å². The Bertz CT molecular complexity index is 998. The molecule has 0 unspecified atom stereocenters. The number of aromatic nitrogens is 2. The van der Waals surface area contributed by atoms with Crippen molar-refractivity contribution in [3.63, 3.8) is 0 Å². The number of hydrogen-bond acceptors (Lipinski definition) is 4. The summed E-state index contributed by atoms with van der Waals surface area (Å²) in [6.45, 7) is 0.551. The van der Waals surface area contributed by atoms with Gasteiger partial charge in [0.05, 0.1) is 27.0 Å². The zero-order valence-electron chi connectivity index (χ0n) is 15.6. The molecule has 28 heavy (non-hydrogen) atoms. The molecular weight excluding hydrogens is 422 g/mol. The molecule has 1 N–H and O–H groups in total. The molecule has 3 rings (SSSR count). The molecule has 144 valence electrons. The van der Waals surface area contributed by atoms with E-state index in [9.17, 15) is 4.79 Å². The number of anilines is 1. The number of hydrogen-bond donors (Lipinski definition) is 1. The minimum atomic E-state index is -0.263. The summed E-state index contributed by atoms with van der Waals surface area (Å²) < 4.78 is 13.3. The van der Waals surface area contributed by atoms with Crippen LogP contribution in [-0.2, 0) is 11.3 Å². The van der Waals surface area contributed by atoms with Crippen LogP contribution < -0.4 is 14.8 Å². The maximum atomic E-state index is 12.4. The third kappa shape index (κ3) is 5.01. The minimum absolute atomic E-state index is 0.263. The van der Waals surface area contributed by atoms with E-state index in [2.05, 4.69) is 26.3 Å². The molecule has 0 spiro atoms. The van der Waals surface area contributed by atoms with Gasteiger partial charge < -0.3 is 14.8 Å². The van der Waals surface area contributed by atoms with Crippen molar-refractivity contribution in [2.75, 3.05) is 19.5 Å². The Morgan fingerprint density at radius 3 is 2.79 bits per heavy atom. The second kappa shape index (κ2) is 9.23. The largest absolute Gasteiger partial charge is 0.497 e. The second-order valence-electron chi connectivity index (χ2n) is 5.93. The quantitative estimate of drug-likeness (QED) is 0.553. The van der Waals surface area contributed by atoms with Gasteiger partial charge in [-0.1, -0.05) is 28.1 Å².